The number of carbonyl (C=O) groups excluding carboxylic acids is 4. The van der Waals surface area contributed by atoms with Crippen LogP contribution < -0.4 is 0 Å². The lowest BCUT2D eigenvalue weighted by atomic mass is 10.5. The van der Waals surface area contributed by atoms with E-state index in [9.17, 15) is 19.2 Å². The maximum atomic E-state index is 10.8. The molecule has 116 valence electrons. The molecule has 0 atom stereocenters. The maximum Gasteiger partial charge on any atom is 0.552 e. The fourth-order valence-electron chi connectivity index (χ4n) is 0.652. The van der Waals surface area contributed by atoms with Gasteiger partial charge in [0, 0.05) is 12.2 Å². The summed E-state index contributed by atoms with van der Waals surface area (Å²) in [7, 11) is 0. The van der Waals surface area contributed by atoms with Crippen molar-refractivity contribution >= 4 is 24.2 Å². The van der Waals surface area contributed by atoms with Crippen LogP contribution in [-0.4, -0.2) is 31.0 Å². The summed E-state index contributed by atoms with van der Waals surface area (Å²) in [6.45, 7) is 2.17. The summed E-state index contributed by atoms with van der Waals surface area (Å²) in [6, 6.07) is 0. The summed E-state index contributed by atoms with van der Waals surface area (Å²) in [4.78, 5) is 58.8. The lowest BCUT2D eigenvalue weighted by molar-refractivity contribution is -0.250. The van der Waals surface area contributed by atoms with Gasteiger partial charge in [0.15, 0.2) is 0 Å². The highest BCUT2D eigenvalue weighted by Gasteiger charge is 2.12. The first kappa shape index (κ1) is 18.0. The van der Waals surface area contributed by atoms with Crippen molar-refractivity contribution in [2.45, 2.75) is 13.8 Å². The predicted molar refractivity (Wildman–Crippen MR) is 61.8 cm³/mol. The Labute approximate surface area is 118 Å². The van der Waals surface area contributed by atoms with Crippen LogP contribution in [0.25, 0.3) is 0 Å². The highest BCUT2D eigenvalue weighted by Crippen LogP contribution is 1.93. The molecule has 0 N–H and O–H groups in total. The minimum atomic E-state index is -1.44. The summed E-state index contributed by atoms with van der Waals surface area (Å²) in [5, 5.41) is 0. The van der Waals surface area contributed by atoms with Gasteiger partial charge in [-0.1, -0.05) is 12.2 Å². The zero-order chi connectivity index (χ0) is 16.1. The van der Waals surface area contributed by atoms with E-state index in [1.807, 2.05) is 0 Å². The summed E-state index contributed by atoms with van der Waals surface area (Å²) in [6.07, 6.45) is 1.80. The van der Waals surface area contributed by atoms with Crippen molar-refractivity contribution in [3.05, 3.63) is 24.3 Å². The number of hydrogen-bond donors (Lipinski definition) is 0. The van der Waals surface area contributed by atoms with E-state index < -0.39 is 31.0 Å². The van der Waals surface area contributed by atoms with E-state index in [0.29, 0.717) is 0 Å². The molecule has 0 aliphatic rings. The van der Waals surface area contributed by atoms with Gasteiger partial charge in [0.2, 0.25) is 6.79 Å². The fraction of sp³-hybridized carbons (Fsp3) is 0.273. The Hall–Kier alpha value is -3.04. The van der Waals surface area contributed by atoms with Gasteiger partial charge in [0.25, 0.3) is 0 Å². The maximum absolute atomic E-state index is 10.8. The second-order valence-electron chi connectivity index (χ2n) is 2.88. The molecule has 0 amide bonds. The predicted octanol–water partition coefficient (Wildman–Crippen LogP) is 1.32. The number of carbonyl (C=O) groups is 4. The van der Waals surface area contributed by atoms with Crippen LogP contribution in [-0.2, 0) is 38.6 Å². The van der Waals surface area contributed by atoms with Crippen LogP contribution in [0.4, 0.5) is 9.59 Å². The molecule has 10 heteroatoms. The second-order valence-corrected chi connectivity index (χ2v) is 2.88. The van der Waals surface area contributed by atoms with E-state index in [0.717, 1.165) is 12.2 Å². The van der Waals surface area contributed by atoms with Crippen LogP contribution in [0.15, 0.2) is 24.3 Å². The number of allylic oxidation sites excluding steroid dienone is 2. The molecule has 10 nitrogen and oxygen atoms in total. The lowest BCUT2D eigenvalue weighted by Crippen LogP contribution is -2.17. The minimum Gasteiger partial charge on any atom is -0.394 e. The highest BCUT2D eigenvalue weighted by atomic mass is 17.3. The van der Waals surface area contributed by atoms with Crippen molar-refractivity contribution in [3.8, 4) is 0 Å². The number of hydrogen-bond acceptors (Lipinski definition) is 10. The summed E-state index contributed by atoms with van der Waals surface area (Å²) >= 11 is 0. The normalized spacial score (nSPS) is 10.0. The van der Waals surface area contributed by atoms with Crippen LogP contribution in [0, 0.1) is 0 Å². The van der Waals surface area contributed by atoms with Crippen LogP contribution in [0.5, 0.6) is 0 Å². The third kappa shape index (κ3) is 10.6. The second kappa shape index (κ2) is 10.8. The van der Waals surface area contributed by atoms with E-state index in [1.165, 1.54) is 12.2 Å². The van der Waals surface area contributed by atoms with Crippen molar-refractivity contribution in [2.24, 2.45) is 0 Å². The van der Waals surface area contributed by atoms with Gasteiger partial charge in [-0.2, -0.15) is 9.59 Å². The zero-order valence-corrected chi connectivity index (χ0v) is 11.1. The standard InChI is InChI=1S/C11H12O10/c1-3-5-8(12)18-20-10(14)16-7-17-11(15)21-19-9(13)6-4-2/h3-6H,7H2,1-2H3/b5-3+,6-4+. The van der Waals surface area contributed by atoms with Gasteiger partial charge < -0.3 is 9.47 Å². The molecule has 0 aromatic carbocycles. The van der Waals surface area contributed by atoms with E-state index in [4.69, 9.17) is 0 Å². The lowest BCUT2D eigenvalue weighted by Gasteiger charge is -2.04. The molecule has 0 bridgehead atoms. The van der Waals surface area contributed by atoms with Crippen molar-refractivity contribution in [1.29, 1.82) is 0 Å². The molecule has 0 spiro atoms. The van der Waals surface area contributed by atoms with Gasteiger partial charge in [0.1, 0.15) is 0 Å². The molecule has 0 rings (SSSR count). The summed E-state index contributed by atoms with van der Waals surface area (Å²) in [5.41, 5.74) is 0. The van der Waals surface area contributed by atoms with Crippen LogP contribution in [0.1, 0.15) is 13.8 Å². The van der Waals surface area contributed by atoms with Crippen LogP contribution >= 0.6 is 0 Å². The first-order valence-corrected chi connectivity index (χ1v) is 5.35. The van der Waals surface area contributed by atoms with Gasteiger partial charge in [0.05, 0.1) is 0 Å². The van der Waals surface area contributed by atoms with Gasteiger partial charge >= 0.3 is 24.2 Å². The van der Waals surface area contributed by atoms with Crippen molar-refractivity contribution in [2.75, 3.05) is 6.79 Å². The molecule has 0 aromatic rings. The Morgan fingerprint density at radius 2 is 1.10 bits per heavy atom. The molecule has 0 saturated carbocycles. The molecule has 0 heterocycles. The molecule has 0 unspecified atom stereocenters. The van der Waals surface area contributed by atoms with Crippen LogP contribution in [0.3, 0.4) is 0 Å². The van der Waals surface area contributed by atoms with Crippen molar-refractivity contribution < 1.29 is 48.2 Å². The zero-order valence-electron chi connectivity index (χ0n) is 11.1. The Morgan fingerprint density at radius 3 is 1.43 bits per heavy atom. The summed E-state index contributed by atoms with van der Waals surface area (Å²) < 4.78 is 8.31. The molecule has 0 saturated heterocycles. The Balaban J connectivity index is 3.73. The van der Waals surface area contributed by atoms with E-state index in [1.54, 1.807) is 13.8 Å². The van der Waals surface area contributed by atoms with E-state index in [-0.39, 0.29) is 0 Å². The van der Waals surface area contributed by atoms with E-state index >= 15 is 0 Å². The largest absolute Gasteiger partial charge is 0.552 e. The molecule has 0 fully saturated rings. The minimum absolute atomic E-state index is 0.917. The molecule has 21 heavy (non-hydrogen) atoms. The van der Waals surface area contributed by atoms with Crippen molar-refractivity contribution in [1.82, 2.24) is 0 Å². The molecule has 0 aliphatic carbocycles. The topological polar surface area (TPSA) is 124 Å². The molecule has 0 radical (unpaired) electrons. The van der Waals surface area contributed by atoms with Gasteiger partial charge in [-0.15, -0.1) is 0 Å². The smallest absolute Gasteiger partial charge is 0.394 e. The van der Waals surface area contributed by atoms with Gasteiger partial charge in [-0.05, 0) is 13.8 Å². The number of ether oxygens (including phenoxy) is 2. The fourth-order valence-corrected chi connectivity index (χ4v) is 0.652. The number of rotatable bonds is 4. The third-order valence-corrected chi connectivity index (χ3v) is 1.34. The SMILES string of the molecule is C/C=C/C(=O)OOC(=O)OCOC(=O)OOC(=O)/C=C/C. The van der Waals surface area contributed by atoms with Crippen molar-refractivity contribution in [3.63, 3.8) is 0 Å². The molecule has 0 aromatic heterocycles. The average molecular weight is 304 g/mol. The Kier molecular flexibility index (Phi) is 9.27. The highest BCUT2D eigenvalue weighted by molar-refractivity contribution is 5.82. The first-order valence-electron chi connectivity index (χ1n) is 5.35. The van der Waals surface area contributed by atoms with Crippen LogP contribution in [0.2, 0.25) is 0 Å². The Bertz CT molecular complexity index is 396. The first-order chi connectivity index (χ1) is 9.99. The van der Waals surface area contributed by atoms with E-state index in [2.05, 4.69) is 29.0 Å². The summed E-state index contributed by atoms with van der Waals surface area (Å²) in [5.74, 6) is -1.88. The Morgan fingerprint density at radius 1 is 0.714 bits per heavy atom. The van der Waals surface area contributed by atoms with Gasteiger partial charge in [-0.25, -0.2) is 29.1 Å². The van der Waals surface area contributed by atoms with Gasteiger partial charge in [-0.3, -0.25) is 0 Å². The average Bonchev–Trinajstić information content (AvgIpc) is 2.43. The monoisotopic (exact) mass is 304 g/mol. The molecular formula is C11H12O10. The molecular weight excluding hydrogens is 292 g/mol. The third-order valence-electron chi connectivity index (χ3n) is 1.34. The quantitative estimate of drug-likeness (QED) is 0.247. The molecule has 0 aliphatic heterocycles.